The Bertz CT molecular complexity index is 582. The van der Waals surface area contributed by atoms with Gasteiger partial charge in [-0.2, -0.15) is 4.98 Å². The molecule has 1 amide bonds. The molecular weight excluding hydrogens is 256 g/mol. The molecule has 0 aliphatic carbocycles. The van der Waals surface area contributed by atoms with Gasteiger partial charge in [-0.15, -0.1) is 0 Å². The molecular formula is C14H16N4O2. The van der Waals surface area contributed by atoms with Crippen molar-refractivity contribution in [1.29, 1.82) is 0 Å². The fraction of sp³-hybridized carbons (Fsp3) is 0.357. The highest BCUT2D eigenvalue weighted by atomic mass is 16.5. The smallest absolute Gasteiger partial charge is 0.240 e. The molecule has 1 unspecified atom stereocenters. The highest BCUT2D eigenvalue weighted by molar-refractivity contribution is 5.78. The molecule has 6 heteroatoms. The van der Waals surface area contributed by atoms with Crippen molar-refractivity contribution in [2.24, 2.45) is 0 Å². The highest BCUT2D eigenvalue weighted by Gasteiger charge is 2.21. The second-order valence-corrected chi connectivity index (χ2v) is 4.85. The summed E-state index contributed by atoms with van der Waals surface area (Å²) in [5.74, 6) is 1.31. The average molecular weight is 272 g/mol. The standard InChI is InChI=1S/C14H16N4O2/c19-13-7-11(8-16-13)15-9-14-17-12(18-20-14)6-10-4-2-1-3-5-10/h1-5,11,15H,6-9H2,(H,16,19). The Kier molecular flexibility index (Phi) is 3.73. The maximum absolute atomic E-state index is 11.1. The monoisotopic (exact) mass is 272 g/mol. The van der Waals surface area contributed by atoms with E-state index in [9.17, 15) is 4.79 Å². The van der Waals surface area contributed by atoms with Crippen LogP contribution in [0.5, 0.6) is 0 Å². The lowest BCUT2D eigenvalue weighted by Crippen LogP contribution is -2.30. The predicted molar refractivity (Wildman–Crippen MR) is 71.8 cm³/mol. The predicted octanol–water partition coefficient (Wildman–Crippen LogP) is 0.638. The molecule has 1 atom stereocenters. The van der Waals surface area contributed by atoms with E-state index >= 15 is 0 Å². The number of amides is 1. The first-order chi connectivity index (χ1) is 9.79. The van der Waals surface area contributed by atoms with Crippen LogP contribution < -0.4 is 10.6 Å². The van der Waals surface area contributed by atoms with Crippen molar-refractivity contribution < 1.29 is 9.32 Å². The Morgan fingerprint density at radius 3 is 2.95 bits per heavy atom. The molecule has 2 aromatic rings. The van der Waals surface area contributed by atoms with Crippen LogP contribution in [0, 0.1) is 0 Å². The van der Waals surface area contributed by atoms with Gasteiger partial charge in [0.25, 0.3) is 0 Å². The molecule has 20 heavy (non-hydrogen) atoms. The van der Waals surface area contributed by atoms with Crippen LogP contribution in [0.25, 0.3) is 0 Å². The molecule has 1 fully saturated rings. The topological polar surface area (TPSA) is 80.1 Å². The molecule has 0 spiro atoms. The van der Waals surface area contributed by atoms with Crippen molar-refractivity contribution in [3.63, 3.8) is 0 Å². The first-order valence-electron chi connectivity index (χ1n) is 6.65. The molecule has 1 aromatic heterocycles. The SMILES string of the molecule is O=C1CC(NCc2nc(Cc3ccccc3)no2)CN1. The average Bonchev–Trinajstić information content (AvgIpc) is 3.07. The summed E-state index contributed by atoms with van der Waals surface area (Å²) in [5.41, 5.74) is 1.15. The van der Waals surface area contributed by atoms with Crippen molar-refractivity contribution in [3.05, 3.63) is 47.6 Å². The zero-order chi connectivity index (χ0) is 13.8. The van der Waals surface area contributed by atoms with Crippen molar-refractivity contribution in [2.75, 3.05) is 6.54 Å². The third-order valence-electron chi connectivity index (χ3n) is 3.23. The lowest BCUT2D eigenvalue weighted by atomic mass is 10.1. The molecule has 0 saturated carbocycles. The molecule has 104 valence electrons. The maximum Gasteiger partial charge on any atom is 0.240 e. The molecule has 3 rings (SSSR count). The van der Waals surface area contributed by atoms with Gasteiger partial charge in [0.05, 0.1) is 6.54 Å². The van der Waals surface area contributed by atoms with Gasteiger partial charge in [0.2, 0.25) is 11.8 Å². The fourth-order valence-electron chi connectivity index (χ4n) is 2.19. The van der Waals surface area contributed by atoms with Gasteiger partial charge in [0.15, 0.2) is 5.82 Å². The van der Waals surface area contributed by atoms with Crippen LogP contribution in [0.1, 0.15) is 23.7 Å². The number of hydrogen-bond donors (Lipinski definition) is 2. The Hall–Kier alpha value is -2.21. The summed E-state index contributed by atoms with van der Waals surface area (Å²) in [6, 6.07) is 10.2. The number of nitrogens with one attached hydrogen (secondary N) is 2. The van der Waals surface area contributed by atoms with Gasteiger partial charge in [-0.1, -0.05) is 35.5 Å². The van der Waals surface area contributed by atoms with Gasteiger partial charge < -0.3 is 15.2 Å². The molecule has 0 radical (unpaired) electrons. The van der Waals surface area contributed by atoms with E-state index < -0.39 is 0 Å². The first kappa shape index (κ1) is 12.8. The molecule has 2 N–H and O–H groups in total. The summed E-state index contributed by atoms with van der Waals surface area (Å²) >= 11 is 0. The molecule has 1 aliphatic rings. The van der Waals surface area contributed by atoms with Crippen LogP contribution in [0.4, 0.5) is 0 Å². The number of nitrogens with zero attached hydrogens (tertiary/aromatic N) is 2. The normalized spacial score (nSPS) is 18.2. The molecule has 0 bridgehead atoms. The van der Waals surface area contributed by atoms with E-state index in [0.29, 0.717) is 37.6 Å². The largest absolute Gasteiger partial charge is 0.354 e. The van der Waals surface area contributed by atoms with Crippen LogP contribution >= 0.6 is 0 Å². The summed E-state index contributed by atoms with van der Waals surface area (Å²) in [6.07, 6.45) is 1.17. The van der Waals surface area contributed by atoms with E-state index in [-0.39, 0.29) is 11.9 Å². The van der Waals surface area contributed by atoms with E-state index in [2.05, 4.69) is 20.8 Å². The van der Waals surface area contributed by atoms with Crippen molar-refractivity contribution >= 4 is 5.91 Å². The lowest BCUT2D eigenvalue weighted by molar-refractivity contribution is -0.119. The minimum absolute atomic E-state index is 0.0813. The fourth-order valence-corrected chi connectivity index (χ4v) is 2.19. The van der Waals surface area contributed by atoms with E-state index in [4.69, 9.17) is 4.52 Å². The van der Waals surface area contributed by atoms with Gasteiger partial charge >= 0.3 is 0 Å². The van der Waals surface area contributed by atoms with Gasteiger partial charge in [-0.05, 0) is 5.56 Å². The number of benzene rings is 1. The second-order valence-electron chi connectivity index (χ2n) is 4.85. The summed E-state index contributed by atoms with van der Waals surface area (Å²) in [7, 11) is 0. The van der Waals surface area contributed by atoms with Gasteiger partial charge in [-0.3, -0.25) is 4.79 Å². The number of rotatable bonds is 5. The Morgan fingerprint density at radius 1 is 1.35 bits per heavy atom. The lowest BCUT2D eigenvalue weighted by Gasteiger charge is -2.06. The third-order valence-corrected chi connectivity index (χ3v) is 3.23. The number of carbonyl (C=O) groups is 1. The van der Waals surface area contributed by atoms with Crippen LogP contribution in [-0.2, 0) is 17.8 Å². The van der Waals surface area contributed by atoms with Crippen molar-refractivity contribution in [1.82, 2.24) is 20.8 Å². The molecule has 1 saturated heterocycles. The molecule has 1 aliphatic heterocycles. The van der Waals surface area contributed by atoms with Crippen LogP contribution in [0.15, 0.2) is 34.9 Å². The quantitative estimate of drug-likeness (QED) is 0.835. The van der Waals surface area contributed by atoms with E-state index in [0.717, 1.165) is 5.56 Å². The van der Waals surface area contributed by atoms with E-state index in [1.807, 2.05) is 30.3 Å². The minimum atomic E-state index is 0.0813. The van der Waals surface area contributed by atoms with Crippen LogP contribution in [0.2, 0.25) is 0 Å². The van der Waals surface area contributed by atoms with Gasteiger partial charge in [0.1, 0.15) is 0 Å². The molecule has 6 nitrogen and oxygen atoms in total. The minimum Gasteiger partial charge on any atom is -0.354 e. The van der Waals surface area contributed by atoms with Crippen LogP contribution in [-0.4, -0.2) is 28.6 Å². The third kappa shape index (κ3) is 3.21. The maximum atomic E-state index is 11.1. The summed E-state index contributed by atoms with van der Waals surface area (Å²) in [5, 5.41) is 9.96. The van der Waals surface area contributed by atoms with Crippen molar-refractivity contribution in [2.45, 2.75) is 25.4 Å². The first-order valence-corrected chi connectivity index (χ1v) is 6.65. The van der Waals surface area contributed by atoms with Gasteiger partial charge in [-0.25, -0.2) is 0 Å². The Labute approximate surface area is 116 Å². The second kappa shape index (κ2) is 5.83. The molecule has 1 aromatic carbocycles. The number of aromatic nitrogens is 2. The number of carbonyl (C=O) groups excluding carboxylic acids is 1. The Balaban J connectivity index is 1.53. The highest BCUT2D eigenvalue weighted by Crippen LogP contribution is 2.07. The summed E-state index contributed by atoms with van der Waals surface area (Å²) in [4.78, 5) is 15.4. The van der Waals surface area contributed by atoms with E-state index in [1.165, 1.54) is 0 Å². The summed E-state index contributed by atoms with van der Waals surface area (Å²) in [6.45, 7) is 1.14. The van der Waals surface area contributed by atoms with Gasteiger partial charge in [0, 0.05) is 25.4 Å². The zero-order valence-corrected chi connectivity index (χ0v) is 11.0. The zero-order valence-electron chi connectivity index (χ0n) is 11.0. The summed E-state index contributed by atoms with van der Waals surface area (Å²) < 4.78 is 5.19. The van der Waals surface area contributed by atoms with E-state index in [1.54, 1.807) is 0 Å². The molecule has 2 heterocycles. The van der Waals surface area contributed by atoms with Crippen LogP contribution in [0.3, 0.4) is 0 Å². The number of hydrogen-bond acceptors (Lipinski definition) is 5. The Morgan fingerprint density at radius 2 is 2.20 bits per heavy atom. The van der Waals surface area contributed by atoms with Crippen molar-refractivity contribution in [3.8, 4) is 0 Å².